The van der Waals surface area contributed by atoms with E-state index in [2.05, 4.69) is 17.4 Å². The lowest BCUT2D eigenvalue weighted by molar-refractivity contribution is -0.686. The molecule has 0 radical (unpaired) electrons. The summed E-state index contributed by atoms with van der Waals surface area (Å²) in [5.74, 6) is 1.44. The van der Waals surface area contributed by atoms with Crippen LogP contribution in [0, 0.1) is 0 Å². The van der Waals surface area contributed by atoms with Crippen LogP contribution in [0.15, 0.2) is 42.5 Å². The summed E-state index contributed by atoms with van der Waals surface area (Å²) in [7, 11) is 3.22. The third-order valence-corrected chi connectivity index (χ3v) is 3.52. The Morgan fingerprint density at radius 1 is 0.958 bits per heavy atom. The third kappa shape index (κ3) is 5.17. The van der Waals surface area contributed by atoms with E-state index in [4.69, 9.17) is 19.9 Å². The Labute approximate surface area is 141 Å². The zero-order valence-corrected chi connectivity index (χ0v) is 14.0. The van der Waals surface area contributed by atoms with Crippen molar-refractivity contribution in [1.29, 1.82) is 0 Å². The Morgan fingerprint density at radius 3 is 2.25 bits per heavy atom. The Hall–Kier alpha value is -2.73. The van der Waals surface area contributed by atoms with Crippen LogP contribution in [0.25, 0.3) is 0 Å². The molecule has 128 valence electrons. The standard InChI is InChI=1S/C18H22N2O4/c1-22-15-6-3-13(4-7-15)10-20-11-14-5-8-16(17(9-14)23-2)24-12-18(19)21/h3-9,20H,10-12H2,1-2H3,(H2,19,21)/p+1. The van der Waals surface area contributed by atoms with E-state index in [0.29, 0.717) is 11.5 Å². The Bertz CT molecular complexity index is 671. The molecular weight excluding hydrogens is 308 g/mol. The maximum absolute atomic E-state index is 10.8. The molecule has 0 atom stereocenters. The molecule has 0 aliphatic heterocycles. The lowest BCUT2D eigenvalue weighted by atomic mass is 10.2. The van der Waals surface area contributed by atoms with Crippen LogP contribution in [-0.2, 0) is 17.9 Å². The molecule has 6 heteroatoms. The third-order valence-electron chi connectivity index (χ3n) is 3.52. The van der Waals surface area contributed by atoms with E-state index in [-0.39, 0.29) is 6.61 Å². The number of amides is 1. The highest BCUT2D eigenvalue weighted by Gasteiger charge is 2.08. The highest BCUT2D eigenvalue weighted by molar-refractivity contribution is 5.75. The van der Waals surface area contributed by atoms with E-state index >= 15 is 0 Å². The zero-order chi connectivity index (χ0) is 17.4. The van der Waals surface area contributed by atoms with Gasteiger partial charge in [0, 0.05) is 11.1 Å². The van der Waals surface area contributed by atoms with E-state index in [0.717, 1.165) is 24.4 Å². The highest BCUT2D eigenvalue weighted by atomic mass is 16.5. The maximum Gasteiger partial charge on any atom is 0.255 e. The summed E-state index contributed by atoms with van der Waals surface area (Å²) in [5.41, 5.74) is 7.41. The van der Waals surface area contributed by atoms with Crippen LogP contribution in [0.2, 0.25) is 0 Å². The van der Waals surface area contributed by atoms with Crippen LogP contribution < -0.4 is 25.3 Å². The van der Waals surface area contributed by atoms with Crippen LogP contribution in [0.3, 0.4) is 0 Å². The van der Waals surface area contributed by atoms with Gasteiger partial charge in [0.05, 0.1) is 14.2 Å². The molecular formula is C18H23N2O4+. The largest absolute Gasteiger partial charge is 0.497 e. The highest BCUT2D eigenvalue weighted by Crippen LogP contribution is 2.27. The van der Waals surface area contributed by atoms with Crippen LogP contribution in [0.5, 0.6) is 17.2 Å². The van der Waals surface area contributed by atoms with Crippen molar-refractivity contribution >= 4 is 5.91 Å². The van der Waals surface area contributed by atoms with Crippen molar-refractivity contribution in [1.82, 2.24) is 0 Å². The van der Waals surface area contributed by atoms with Gasteiger partial charge in [-0.25, -0.2) is 0 Å². The number of primary amides is 1. The summed E-state index contributed by atoms with van der Waals surface area (Å²) >= 11 is 0. The molecule has 24 heavy (non-hydrogen) atoms. The van der Waals surface area contributed by atoms with Crippen molar-refractivity contribution in [3.8, 4) is 17.2 Å². The number of methoxy groups -OCH3 is 2. The first-order valence-electron chi connectivity index (χ1n) is 7.65. The fourth-order valence-electron chi connectivity index (χ4n) is 2.27. The smallest absolute Gasteiger partial charge is 0.255 e. The minimum absolute atomic E-state index is 0.167. The number of rotatable bonds is 9. The zero-order valence-electron chi connectivity index (χ0n) is 14.0. The molecule has 2 aromatic rings. The lowest BCUT2D eigenvalue weighted by Crippen LogP contribution is -2.80. The Balaban J connectivity index is 1.90. The molecule has 4 N–H and O–H groups in total. The fraction of sp³-hybridized carbons (Fsp3) is 0.278. The predicted molar refractivity (Wildman–Crippen MR) is 90.0 cm³/mol. The number of nitrogens with two attached hydrogens (primary N) is 2. The SMILES string of the molecule is COc1ccc(C[NH2+]Cc2ccc(OCC(N)=O)c(OC)c2)cc1. The number of benzene rings is 2. The average molecular weight is 331 g/mol. The first kappa shape index (κ1) is 17.6. The minimum Gasteiger partial charge on any atom is -0.497 e. The number of carbonyl (C=O) groups excluding carboxylic acids is 1. The number of quaternary nitrogens is 1. The minimum atomic E-state index is -0.519. The lowest BCUT2D eigenvalue weighted by Gasteiger charge is -2.11. The Morgan fingerprint density at radius 2 is 1.62 bits per heavy atom. The second-order valence-electron chi connectivity index (χ2n) is 5.29. The van der Waals surface area contributed by atoms with Gasteiger partial charge >= 0.3 is 0 Å². The predicted octanol–water partition coefficient (Wildman–Crippen LogP) is 0.832. The van der Waals surface area contributed by atoms with Gasteiger partial charge in [0.2, 0.25) is 0 Å². The van der Waals surface area contributed by atoms with Gasteiger partial charge in [-0.3, -0.25) is 4.79 Å². The average Bonchev–Trinajstić information content (AvgIpc) is 2.61. The first-order valence-corrected chi connectivity index (χ1v) is 7.65. The molecule has 2 rings (SSSR count). The fourth-order valence-corrected chi connectivity index (χ4v) is 2.27. The molecule has 0 bridgehead atoms. The second kappa shape index (κ2) is 8.79. The van der Waals surface area contributed by atoms with Crippen LogP contribution in [0.1, 0.15) is 11.1 Å². The molecule has 0 aliphatic carbocycles. The number of hydrogen-bond acceptors (Lipinski definition) is 4. The molecule has 0 aliphatic rings. The molecule has 0 saturated heterocycles. The van der Waals surface area contributed by atoms with Gasteiger partial charge in [-0.2, -0.15) is 0 Å². The number of ether oxygens (including phenoxy) is 3. The van der Waals surface area contributed by atoms with E-state index in [1.165, 1.54) is 5.56 Å². The number of hydrogen-bond donors (Lipinski definition) is 2. The molecule has 2 aromatic carbocycles. The van der Waals surface area contributed by atoms with Crippen LogP contribution >= 0.6 is 0 Å². The molecule has 0 heterocycles. The van der Waals surface area contributed by atoms with Crippen molar-refractivity contribution in [3.05, 3.63) is 53.6 Å². The summed E-state index contributed by atoms with van der Waals surface area (Å²) in [6.45, 7) is 1.50. The van der Waals surface area contributed by atoms with Gasteiger partial charge in [0.1, 0.15) is 18.8 Å². The van der Waals surface area contributed by atoms with E-state index in [1.54, 1.807) is 20.3 Å². The summed E-state index contributed by atoms with van der Waals surface area (Å²) in [5, 5.41) is 2.19. The van der Waals surface area contributed by atoms with Gasteiger partial charge in [-0.1, -0.05) is 0 Å². The Kier molecular flexibility index (Phi) is 6.45. The quantitative estimate of drug-likeness (QED) is 0.712. The molecule has 0 spiro atoms. The number of carbonyl (C=O) groups is 1. The summed E-state index contributed by atoms with van der Waals surface area (Å²) in [6, 6.07) is 13.7. The first-order chi connectivity index (χ1) is 11.6. The van der Waals surface area contributed by atoms with Gasteiger partial charge < -0.3 is 25.3 Å². The van der Waals surface area contributed by atoms with Crippen molar-refractivity contribution in [2.75, 3.05) is 20.8 Å². The summed E-state index contributed by atoms with van der Waals surface area (Å²) in [4.78, 5) is 10.8. The van der Waals surface area contributed by atoms with Crippen LogP contribution in [0.4, 0.5) is 0 Å². The summed E-state index contributed by atoms with van der Waals surface area (Å²) in [6.07, 6.45) is 0. The normalized spacial score (nSPS) is 10.2. The van der Waals surface area contributed by atoms with Crippen LogP contribution in [-0.4, -0.2) is 26.7 Å². The topological polar surface area (TPSA) is 87.4 Å². The van der Waals surface area contributed by atoms with Gasteiger partial charge in [0.15, 0.2) is 18.1 Å². The van der Waals surface area contributed by atoms with Gasteiger partial charge in [-0.15, -0.1) is 0 Å². The van der Waals surface area contributed by atoms with E-state index < -0.39 is 5.91 Å². The molecule has 0 saturated carbocycles. The van der Waals surface area contributed by atoms with Gasteiger partial charge in [-0.05, 0) is 42.5 Å². The maximum atomic E-state index is 10.8. The molecule has 0 fully saturated rings. The van der Waals surface area contributed by atoms with Crippen molar-refractivity contribution in [3.63, 3.8) is 0 Å². The monoisotopic (exact) mass is 331 g/mol. The molecule has 0 unspecified atom stereocenters. The van der Waals surface area contributed by atoms with Crippen molar-refractivity contribution in [2.45, 2.75) is 13.1 Å². The molecule has 0 aromatic heterocycles. The second-order valence-corrected chi connectivity index (χ2v) is 5.29. The molecule has 6 nitrogen and oxygen atoms in total. The van der Waals surface area contributed by atoms with Crippen molar-refractivity contribution < 1.29 is 24.3 Å². The van der Waals surface area contributed by atoms with E-state index in [1.807, 2.05) is 24.3 Å². The van der Waals surface area contributed by atoms with Crippen molar-refractivity contribution in [2.24, 2.45) is 5.73 Å². The van der Waals surface area contributed by atoms with Gasteiger partial charge in [0.25, 0.3) is 5.91 Å². The van der Waals surface area contributed by atoms with E-state index in [9.17, 15) is 4.79 Å². The summed E-state index contributed by atoms with van der Waals surface area (Å²) < 4.78 is 15.8. The molecule has 1 amide bonds.